The zero-order valence-electron chi connectivity index (χ0n) is 12.3. The van der Waals surface area contributed by atoms with Crippen molar-refractivity contribution in [2.75, 3.05) is 0 Å². The first-order valence-electron chi connectivity index (χ1n) is 6.77. The Morgan fingerprint density at radius 2 is 2.00 bits per heavy atom. The summed E-state index contributed by atoms with van der Waals surface area (Å²) in [5.74, 6) is -0.155. The van der Waals surface area contributed by atoms with Gasteiger partial charge in [0, 0.05) is 11.1 Å². The average Bonchev–Trinajstić information content (AvgIpc) is 3.04. The Kier molecular flexibility index (Phi) is 3.99. The molecule has 0 atom stereocenters. The average molecular weight is 312 g/mol. The second-order valence-electron chi connectivity index (χ2n) is 5.89. The number of primary sulfonamides is 1. The Balaban J connectivity index is 2.34. The molecule has 0 aliphatic heterocycles. The third-order valence-corrected chi connectivity index (χ3v) is 4.22. The first kappa shape index (κ1) is 15.8. The molecular weight excluding hydrogens is 292 g/mol. The number of benzene rings is 1. The number of carbonyl (C=O) groups excluding carboxylic acids is 1. The summed E-state index contributed by atoms with van der Waals surface area (Å²) in [5, 5.41) is 8.07. The molecule has 6 nitrogen and oxygen atoms in total. The van der Waals surface area contributed by atoms with Crippen LogP contribution >= 0.6 is 0 Å². The molecule has 0 bridgehead atoms. The highest BCUT2D eigenvalue weighted by atomic mass is 32.2. The Morgan fingerprint density at radius 3 is 2.48 bits per heavy atom. The molecule has 3 N–H and O–H groups in total. The second-order valence-corrected chi connectivity index (χ2v) is 7.42. The van der Waals surface area contributed by atoms with E-state index >= 15 is 0 Å². The van der Waals surface area contributed by atoms with Crippen LogP contribution in [0.15, 0.2) is 23.1 Å². The van der Waals surface area contributed by atoms with Crippen molar-refractivity contribution in [3.05, 3.63) is 23.8 Å². The minimum Gasteiger partial charge on any atom is -0.490 e. The van der Waals surface area contributed by atoms with E-state index in [4.69, 9.17) is 9.88 Å². The van der Waals surface area contributed by atoms with E-state index in [2.05, 4.69) is 5.32 Å². The number of ether oxygens (including phenoxy) is 1. The summed E-state index contributed by atoms with van der Waals surface area (Å²) in [5.41, 5.74) is 0.0784. The lowest BCUT2D eigenvalue weighted by molar-refractivity contribution is 0.0935. The van der Waals surface area contributed by atoms with E-state index in [0.717, 1.165) is 12.8 Å². The van der Waals surface area contributed by atoms with Crippen molar-refractivity contribution in [2.45, 2.75) is 50.2 Å². The van der Waals surface area contributed by atoms with Crippen molar-refractivity contribution in [1.82, 2.24) is 5.32 Å². The molecule has 116 valence electrons. The lowest BCUT2D eigenvalue weighted by Gasteiger charge is -2.15. The SMILES string of the molecule is CC(C)Oc1ccc(C(=O)NC2(C)CC2)cc1S(N)(=O)=O. The van der Waals surface area contributed by atoms with Crippen LogP contribution in [0.3, 0.4) is 0 Å². The standard InChI is InChI=1S/C14H20N2O4S/c1-9(2)20-11-5-4-10(8-12(11)21(15,18)19)13(17)16-14(3)6-7-14/h4-5,8-9H,6-7H2,1-3H3,(H,16,17)(H2,15,18,19). The maximum Gasteiger partial charge on any atom is 0.251 e. The van der Waals surface area contributed by atoms with E-state index in [1.165, 1.54) is 18.2 Å². The van der Waals surface area contributed by atoms with Crippen molar-refractivity contribution in [3.63, 3.8) is 0 Å². The second kappa shape index (κ2) is 5.31. The highest BCUT2D eigenvalue weighted by Crippen LogP contribution is 2.35. The Bertz CT molecular complexity index is 664. The summed E-state index contributed by atoms with van der Waals surface area (Å²) in [6.45, 7) is 5.50. The number of nitrogens with two attached hydrogens (primary N) is 1. The summed E-state index contributed by atoms with van der Waals surface area (Å²) in [7, 11) is -3.97. The lowest BCUT2D eigenvalue weighted by atomic mass is 10.2. The molecular formula is C14H20N2O4S. The maximum atomic E-state index is 12.1. The molecule has 1 aromatic carbocycles. The van der Waals surface area contributed by atoms with Crippen LogP contribution in [-0.2, 0) is 10.0 Å². The van der Waals surface area contributed by atoms with Gasteiger partial charge in [0.15, 0.2) is 0 Å². The van der Waals surface area contributed by atoms with Gasteiger partial charge in [0.25, 0.3) is 5.91 Å². The van der Waals surface area contributed by atoms with Gasteiger partial charge >= 0.3 is 0 Å². The molecule has 0 aromatic heterocycles. The van der Waals surface area contributed by atoms with Crippen molar-refractivity contribution in [1.29, 1.82) is 0 Å². The lowest BCUT2D eigenvalue weighted by Crippen LogP contribution is -2.34. The van der Waals surface area contributed by atoms with Crippen molar-refractivity contribution in [2.24, 2.45) is 5.14 Å². The summed E-state index contributed by atoms with van der Waals surface area (Å²) in [6, 6.07) is 4.26. The van der Waals surface area contributed by atoms with Gasteiger partial charge in [0.05, 0.1) is 6.10 Å². The predicted octanol–water partition coefficient (Wildman–Crippen LogP) is 1.40. The van der Waals surface area contributed by atoms with Gasteiger partial charge in [-0.1, -0.05) is 0 Å². The van der Waals surface area contributed by atoms with Crippen LogP contribution in [0, 0.1) is 0 Å². The number of carbonyl (C=O) groups is 1. The fourth-order valence-electron chi connectivity index (χ4n) is 1.88. The zero-order valence-corrected chi connectivity index (χ0v) is 13.2. The van der Waals surface area contributed by atoms with E-state index in [-0.39, 0.29) is 33.8 Å². The molecule has 0 heterocycles. The van der Waals surface area contributed by atoms with E-state index < -0.39 is 10.0 Å². The number of hydrogen-bond donors (Lipinski definition) is 2. The van der Waals surface area contributed by atoms with Gasteiger partial charge in [-0.3, -0.25) is 4.79 Å². The highest BCUT2D eigenvalue weighted by Gasteiger charge is 2.39. The molecule has 0 spiro atoms. The van der Waals surface area contributed by atoms with Gasteiger partial charge in [0.2, 0.25) is 10.0 Å². The fraction of sp³-hybridized carbons (Fsp3) is 0.500. The Morgan fingerprint density at radius 1 is 1.38 bits per heavy atom. The first-order valence-corrected chi connectivity index (χ1v) is 8.31. The number of sulfonamides is 1. The molecule has 1 fully saturated rings. The molecule has 1 amide bonds. The Labute approximate surface area is 124 Å². The van der Waals surface area contributed by atoms with Gasteiger partial charge in [-0.15, -0.1) is 0 Å². The van der Waals surface area contributed by atoms with Crippen molar-refractivity contribution < 1.29 is 17.9 Å². The van der Waals surface area contributed by atoms with Crippen LogP contribution in [0.1, 0.15) is 44.0 Å². The minimum absolute atomic E-state index is 0.154. The molecule has 2 rings (SSSR count). The number of hydrogen-bond acceptors (Lipinski definition) is 4. The topological polar surface area (TPSA) is 98.5 Å². The van der Waals surface area contributed by atoms with Gasteiger partial charge in [0.1, 0.15) is 10.6 Å². The fourth-order valence-corrected chi connectivity index (χ4v) is 2.57. The molecule has 7 heteroatoms. The normalized spacial score (nSPS) is 16.6. The number of rotatable bonds is 5. The molecule has 1 saturated carbocycles. The van der Waals surface area contributed by atoms with Crippen molar-refractivity contribution in [3.8, 4) is 5.75 Å². The summed E-state index contributed by atoms with van der Waals surface area (Å²) in [4.78, 5) is 11.9. The molecule has 1 aromatic rings. The molecule has 0 unspecified atom stereocenters. The monoisotopic (exact) mass is 312 g/mol. The van der Waals surface area contributed by atoms with Gasteiger partial charge < -0.3 is 10.1 Å². The maximum absolute atomic E-state index is 12.1. The summed E-state index contributed by atoms with van der Waals surface area (Å²) >= 11 is 0. The Hall–Kier alpha value is -1.60. The number of amides is 1. The predicted molar refractivity (Wildman–Crippen MR) is 78.7 cm³/mol. The summed E-state index contributed by atoms with van der Waals surface area (Å²) < 4.78 is 28.8. The molecule has 0 radical (unpaired) electrons. The third kappa shape index (κ3) is 3.95. The molecule has 1 aliphatic rings. The van der Waals surface area contributed by atoms with Crippen LogP contribution in [0.4, 0.5) is 0 Å². The van der Waals surface area contributed by atoms with Gasteiger partial charge in [-0.05, 0) is 51.8 Å². The van der Waals surface area contributed by atoms with Crippen LogP contribution in [0.5, 0.6) is 5.75 Å². The summed E-state index contributed by atoms with van der Waals surface area (Å²) in [6.07, 6.45) is 1.65. The van der Waals surface area contributed by atoms with Crippen LogP contribution in [-0.4, -0.2) is 26.0 Å². The van der Waals surface area contributed by atoms with E-state index in [0.29, 0.717) is 0 Å². The molecule has 21 heavy (non-hydrogen) atoms. The van der Waals surface area contributed by atoms with Gasteiger partial charge in [-0.25, -0.2) is 13.6 Å². The van der Waals surface area contributed by atoms with Crippen LogP contribution < -0.4 is 15.2 Å². The smallest absolute Gasteiger partial charge is 0.251 e. The van der Waals surface area contributed by atoms with Crippen LogP contribution in [0.25, 0.3) is 0 Å². The largest absolute Gasteiger partial charge is 0.490 e. The zero-order chi connectivity index (χ0) is 15.8. The van der Waals surface area contributed by atoms with Crippen LogP contribution in [0.2, 0.25) is 0 Å². The quantitative estimate of drug-likeness (QED) is 0.858. The highest BCUT2D eigenvalue weighted by molar-refractivity contribution is 7.89. The number of nitrogens with one attached hydrogen (secondary N) is 1. The van der Waals surface area contributed by atoms with E-state index in [9.17, 15) is 13.2 Å². The minimum atomic E-state index is -3.97. The van der Waals surface area contributed by atoms with E-state index in [1.807, 2.05) is 6.92 Å². The van der Waals surface area contributed by atoms with Crippen molar-refractivity contribution >= 4 is 15.9 Å². The first-order chi connectivity index (χ1) is 9.61. The van der Waals surface area contributed by atoms with E-state index in [1.54, 1.807) is 13.8 Å². The molecule has 0 saturated heterocycles. The molecule has 1 aliphatic carbocycles. The third-order valence-electron chi connectivity index (χ3n) is 3.29. The van der Waals surface area contributed by atoms with Gasteiger partial charge in [-0.2, -0.15) is 0 Å².